The van der Waals surface area contributed by atoms with Gasteiger partial charge < -0.3 is 9.47 Å². The monoisotopic (exact) mass is 424 g/mol. The third kappa shape index (κ3) is 5.07. The van der Waals surface area contributed by atoms with Gasteiger partial charge in [-0.3, -0.25) is 0 Å². The zero-order valence-corrected chi connectivity index (χ0v) is 18.7. The number of fused-ring (bicyclic) bond motifs is 1. The van der Waals surface area contributed by atoms with Crippen LogP contribution in [-0.4, -0.2) is 0 Å². The van der Waals surface area contributed by atoms with Crippen molar-refractivity contribution in [2.75, 3.05) is 0 Å². The summed E-state index contributed by atoms with van der Waals surface area (Å²) in [6.07, 6.45) is 10.5. The maximum atomic E-state index is 6.30. The van der Waals surface area contributed by atoms with Crippen molar-refractivity contribution in [2.24, 2.45) is 11.8 Å². The lowest BCUT2D eigenvalue weighted by Crippen LogP contribution is -2.22. The first-order valence-corrected chi connectivity index (χ1v) is 12.0. The van der Waals surface area contributed by atoms with E-state index < -0.39 is 0 Å². The Balaban J connectivity index is 1.37. The van der Waals surface area contributed by atoms with Crippen molar-refractivity contribution < 1.29 is 9.47 Å². The molecule has 5 rings (SSSR count). The molecule has 0 bridgehead atoms. The van der Waals surface area contributed by atoms with Crippen LogP contribution in [0.25, 0.3) is 5.57 Å². The van der Waals surface area contributed by atoms with Crippen molar-refractivity contribution >= 4 is 5.57 Å². The third-order valence-electron chi connectivity index (χ3n) is 7.00. The van der Waals surface area contributed by atoms with E-state index in [2.05, 4.69) is 60.7 Å². The Morgan fingerprint density at radius 1 is 0.656 bits per heavy atom. The second kappa shape index (κ2) is 10.1. The number of rotatable bonds is 7. The van der Waals surface area contributed by atoms with E-state index in [4.69, 9.17) is 9.47 Å². The third-order valence-corrected chi connectivity index (χ3v) is 7.00. The van der Waals surface area contributed by atoms with Crippen LogP contribution in [0, 0.1) is 11.8 Å². The molecule has 2 aliphatic carbocycles. The second-order valence-corrected chi connectivity index (χ2v) is 9.18. The van der Waals surface area contributed by atoms with Gasteiger partial charge in [0.05, 0.1) is 0 Å². The van der Waals surface area contributed by atoms with Gasteiger partial charge in [-0.1, -0.05) is 85.6 Å². The molecule has 2 unspecified atom stereocenters. The van der Waals surface area contributed by atoms with Crippen molar-refractivity contribution in [2.45, 2.75) is 51.7 Å². The molecule has 164 valence electrons. The van der Waals surface area contributed by atoms with Gasteiger partial charge in [0.1, 0.15) is 13.2 Å². The van der Waals surface area contributed by atoms with E-state index in [1.165, 1.54) is 49.7 Å². The molecule has 0 aliphatic heterocycles. The average molecular weight is 425 g/mol. The molecule has 0 spiro atoms. The quantitative estimate of drug-likeness (QED) is 0.385. The van der Waals surface area contributed by atoms with Gasteiger partial charge in [-0.25, -0.2) is 0 Å². The second-order valence-electron chi connectivity index (χ2n) is 9.18. The van der Waals surface area contributed by atoms with Crippen LogP contribution in [-0.2, 0) is 13.2 Å². The minimum atomic E-state index is 0.536. The van der Waals surface area contributed by atoms with Crippen LogP contribution in [0.1, 0.15) is 55.2 Å². The fourth-order valence-corrected chi connectivity index (χ4v) is 5.17. The molecule has 32 heavy (non-hydrogen) atoms. The van der Waals surface area contributed by atoms with Crippen LogP contribution in [0.15, 0.2) is 84.9 Å². The molecule has 2 aliphatic rings. The molecule has 0 N–H and O–H groups in total. The highest BCUT2D eigenvalue weighted by molar-refractivity contribution is 5.69. The molecule has 3 aromatic carbocycles. The minimum Gasteiger partial charge on any atom is -0.485 e. The Hall–Kier alpha value is -3.00. The van der Waals surface area contributed by atoms with Gasteiger partial charge in [0.25, 0.3) is 0 Å². The van der Waals surface area contributed by atoms with E-state index in [1.54, 1.807) is 0 Å². The average Bonchev–Trinajstić information content (AvgIpc) is 2.87. The standard InChI is InChI=1S/C30H32O2/c1-3-9-23(10-4-1)21-31-29-18-17-28(20-30(29)32-22-24-11-5-2-6-12-24)27-16-15-25-13-7-8-14-26(25)19-27/h1-6,9-12,16-18,20,25-26H,7-8,13-15,19,21-22H2. The molecule has 3 aromatic rings. The lowest BCUT2D eigenvalue weighted by molar-refractivity contribution is 0.235. The number of benzene rings is 3. The number of allylic oxidation sites excluding steroid dienone is 2. The SMILES string of the molecule is C1=C(c2ccc(OCc3ccccc3)c(OCc3ccccc3)c2)CC2CCCCC2C1. The van der Waals surface area contributed by atoms with Crippen molar-refractivity contribution in [3.8, 4) is 11.5 Å². The summed E-state index contributed by atoms with van der Waals surface area (Å²) in [5.41, 5.74) is 5.08. The highest BCUT2D eigenvalue weighted by Crippen LogP contribution is 2.44. The normalized spacial score (nSPS) is 20.2. The lowest BCUT2D eigenvalue weighted by Gasteiger charge is -2.35. The van der Waals surface area contributed by atoms with Crippen molar-refractivity contribution in [1.29, 1.82) is 0 Å². The fraction of sp³-hybridized carbons (Fsp3) is 0.333. The highest BCUT2D eigenvalue weighted by atomic mass is 16.5. The van der Waals surface area contributed by atoms with Crippen molar-refractivity contribution in [1.82, 2.24) is 0 Å². The molecular weight excluding hydrogens is 392 g/mol. The first-order valence-electron chi connectivity index (χ1n) is 12.0. The summed E-state index contributed by atoms with van der Waals surface area (Å²) in [6.45, 7) is 1.07. The molecule has 2 heteroatoms. The number of hydrogen-bond acceptors (Lipinski definition) is 2. The van der Waals surface area contributed by atoms with Crippen molar-refractivity contribution in [3.05, 3.63) is 102 Å². The molecule has 2 atom stereocenters. The Labute approximate surface area is 191 Å². The van der Waals surface area contributed by atoms with E-state index in [0.29, 0.717) is 13.2 Å². The van der Waals surface area contributed by atoms with E-state index >= 15 is 0 Å². The topological polar surface area (TPSA) is 18.5 Å². The van der Waals surface area contributed by atoms with Gasteiger partial charge in [0.2, 0.25) is 0 Å². The summed E-state index contributed by atoms with van der Waals surface area (Å²) < 4.78 is 12.5. The zero-order valence-electron chi connectivity index (χ0n) is 18.7. The van der Waals surface area contributed by atoms with Crippen LogP contribution in [0.2, 0.25) is 0 Å². The summed E-state index contributed by atoms with van der Waals surface area (Å²) in [5, 5.41) is 0. The van der Waals surface area contributed by atoms with Crippen LogP contribution in [0.5, 0.6) is 11.5 Å². The highest BCUT2D eigenvalue weighted by Gasteiger charge is 2.28. The summed E-state index contributed by atoms with van der Waals surface area (Å²) in [6, 6.07) is 27.1. The van der Waals surface area contributed by atoms with Crippen molar-refractivity contribution in [3.63, 3.8) is 0 Å². The van der Waals surface area contributed by atoms with E-state index in [9.17, 15) is 0 Å². The lowest BCUT2D eigenvalue weighted by atomic mass is 9.70. The first kappa shape index (κ1) is 20.9. The largest absolute Gasteiger partial charge is 0.485 e. The number of ether oxygens (including phenoxy) is 2. The molecule has 0 radical (unpaired) electrons. The van der Waals surface area contributed by atoms with Gasteiger partial charge in [-0.05, 0) is 71.9 Å². The molecule has 0 saturated heterocycles. The summed E-state index contributed by atoms with van der Waals surface area (Å²) in [5.74, 6) is 3.38. The van der Waals surface area contributed by atoms with E-state index in [1.807, 2.05) is 24.3 Å². The molecule has 1 fully saturated rings. The van der Waals surface area contributed by atoms with E-state index in [0.717, 1.165) is 34.5 Å². The van der Waals surface area contributed by atoms with Gasteiger partial charge in [0.15, 0.2) is 11.5 Å². The van der Waals surface area contributed by atoms with Crippen LogP contribution < -0.4 is 9.47 Å². The van der Waals surface area contributed by atoms with Gasteiger partial charge in [0, 0.05) is 0 Å². The molecule has 2 nitrogen and oxygen atoms in total. The molecule has 0 heterocycles. The predicted molar refractivity (Wildman–Crippen MR) is 131 cm³/mol. The van der Waals surface area contributed by atoms with Gasteiger partial charge in [-0.15, -0.1) is 0 Å². The molecule has 0 aromatic heterocycles. The van der Waals surface area contributed by atoms with E-state index in [-0.39, 0.29) is 0 Å². The Kier molecular flexibility index (Phi) is 6.58. The fourth-order valence-electron chi connectivity index (χ4n) is 5.17. The molecular formula is C30H32O2. The zero-order chi connectivity index (χ0) is 21.6. The summed E-state index contributed by atoms with van der Waals surface area (Å²) >= 11 is 0. The first-order chi connectivity index (χ1) is 15.8. The van der Waals surface area contributed by atoms with Gasteiger partial charge >= 0.3 is 0 Å². The number of hydrogen-bond donors (Lipinski definition) is 0. The predicted octanol–water partition coefficient (Wildman–Crippen LogP) is 7.83. The maximum absolute atomic E-state index is 6.30. The summed E-state index contributed by atoms with van der Waals surface area (Å²) in [4.78, 5) is 0. The summed E-state index contributed by atoms with van der Waals surface area (Å²) in [7, 11) is 0. The maximum Gasteiger partial charge on any atom is 0.162 e. The van der Waals surface area contributed by atoms with Crippen LogP contribution in [0.4, 0.5) is 0 Å². The van der Waals surface area contributed by atoms with Crippen LogP contribution in [0.3, 0.4) is 0 Å². The Morgan fingerprint density at radius 2 is 1.28 bits per heavy atom. The Morgan fingerprint density at radius 3 is 1.97 bits per heavy atom. The minimum absolute atomic E-state index is 0.536. The molecule has 0 amide bonds. The Bertz CT molecular complexity index is 1040. The molecule has 1 saturated carbocycles. The van der Waals surface area contributed by atoms with Crippen LogP contribution >= 0.6 is 0 Å². The smallest absolute Gasteiger partial charge is 0.162 e. The van der Waals surface area contributed by atoms with Gasteiger partial charge in [-0.2, -0.15) is 0 Å².